The first-order chi connectivity index (χ1) is 10.0. The van der Waals surface area contributed by atoms with Crippen LogP contribution in [0.4, 0.5) is 5.69 Å². The topological polar surface area (TPSA) is 61.5 Å². The van der Waals surface area contributed by atoms with Crippen molar-refractivity contribution < 1.29 is 14.3 Å². The first-order valence-electron chi connectivity index (χ1n) is 6.52. The number of rotatable bonds is 4. The van der Waals surface area contributed by atoms with Gasteiger partial charge in [-0.25, -0.2) is 4.79 Å². The van der Waals surface area contributed by atoms with Gasteiger partial charge in [0.2, 0.25) is 0 Å². The monoisotopic (exact) mass is 305 g/mol. The summed E-state index contributed by atoms with van der Waals surface area (Å²) >= 11 is 6.08. The molecular formula is C16H16ClNO3. The fourth-order valence-corrected chi connectivity index (χ4v) is 1.95. The number of esters is 1. The van der Waals surface area contributed by atoms with Gasteiger partial charge in [0, 0.05) is 0 Å². The zero-order valence-corrected chi connectivity index (χ0v) is 12.6. The molecule has 110 valence electrons. The van der Waals surface area contributed by atoms with E-state index >= 15 is 0 Å². The van der Waals surface area contributed by atoms with Crippen LogP contribution < -0.4 is 10.5 Å². The van der Waals surface area contributed by atoms with Crippen molar-refractivity contribution in [3.05, 3.63) is 52.5 Å². The minimum atomic E-state index is -0.413. The second-order valence-corrected chi connectivity index (χ2v) is 4.92. The average molecular weight is 306 g/mol. The lowest BCUT2D eigenvalue weighted by molar-refractivity contribution is 0.0526. The fourth-order valence-electron chi connectivity index (χ4n) is 1.79. The van der Waals surface area contributed by atoms with Crippen LogP contribution >= 0.6 is 11.6 Å². The van der Waals surface area contributed by atoms with Gasteiger partial charge in [0.25, 0.3) is 0 Å². The van der Waals surface area contributed by atoms with Crippen molar-refractivity contribution in [3.8, 4) is 11.5 Å². The molecule has 0 aliphatic carbocycles. The number of carbonyl (C=O) groups is 1. The molecule has 0 saturated heterocycles. The molecule has 0 aliphatic heterocycles. The Hall–Kier alpha value is -2.20. The lowest BCUT2D eigenvalue weighted by Crippen LogP contribution is -2.05. The molecule has 0 unspecified atom stereocenters. The number of hydrogen-bond donors (Lipinski definition) is 1. The third kappa shape index (κ3) is 3.67. The minimum absolute atomic E-state index is 0.315. The SMILES string of the molecule is CCOC(=O)c1ccc(Oc2cc(C)ccc2Cl)c(N)c1. The number of ether oxygens (including phenoxy) is 2. The normalized spacial score (nSPS) is 10.2. The van der Waals surface area contributed by atoms with E-state index in [1.54, 1.807) is 25.1 Å². The van der Waals surface area contributed by atoms with Gasteiger partial charge in [-0.15, -0.1) is 0 Å². The Morgan fingerprint density at radius 2 is 1.95 bits per heavy atom. The number of nitrogens with two attached hydrogens (primary N) is 1. The number of benzene rings is 2. The lowest BCUT2D eigenvalue weighted by Gasteiger charge is -2.11. The van der Waals surface area contributed by atoms with Crippen LogP contribution in [0.25, 0.3) is 0 Å². The highest BCUT2D eigenvalue weighted by molar-refractivity contribution is 6.32. The first kappa shape index (κ1) is 15.2. The molecule has 2 rings (SSSR count). The maximum absolute atomic E-state index is 11.6. The van der Waals surface area contributed by atoms with Crippen LogP contribution in [0, 0.1) is 6.92 Å². The van der Waals surface area contributed by atoms with Gasteiger partial charge >= 0.3 is 5.97 Å². The fraction of sp³-hybridized carbons (Fsp3) is 0.188. The summed E-state index contributed by atoms with van der Waals surface area (Å²) in [6, 6.07) is 10.2. The molecule has 0 aliphatic rings. The van der Waals surface area contributed by atoms with Crippen molar-refractivity contribution in [3.63, 3.8) is 0 Å². The van der Waals surface area contributed by atoms with E-state index in [9.17, 15) is 4.79 Å². The number of hydrogen-bond acceptors (Lipinski definition) is 4. The van der Waals surface area contributed by atoms with Crippen LogP contribution in [0.15, 0.2) is 36.4 Å². The van der Waals surface area contributed by atoms with Crippen molar-refractivity contribution in [2.75, 3.05) is 12.3 Å². The standard InChI is InChI=1S/C16H16ClNO3/c1-3-20-16(19)11-5-7-14(13(18)9-11)21-15-8-10(2)4-6-12(15)17/h4-9H,3,18H2,1-2H3. The highest BCUT2D eigenvalue weighted by atomic mass is 35.5. The highest BCUT2D eigenvalue weighted by Gasteiger charge is 2.11. The van der Waals surface area contributed by atoms with E-state index in [1.807, 2.05) is 19.1 Å². The Balaban J connectivity index is 2.25. The smallest absolute Gasteiger partial charge is 0.338 e. The molecule has 21 heavy (non-hydrogen) atoms. The summed E-state index contributed by atoms with van der Waals surface area (Å²) in [6.45, 7) is 4.00. The number of halogens is 1. The Bertz CT molecular complexity index is 671. The number of nitrogen functional groups attached to an aromatic ring is 1. The molecule has 5 heteroatoms. The second-order valence-electron chi connectivity index (χ2n) is 4.51. The van der Waals surface area contributed by atoms with Gasteiger partial charge < -0.3 is 15.2 Å². The van der Waals surface area contributed by atoms with Crippen molar-refractivity contribution in [1.29, 1.82) is 0 Å². The van der Waals surface area contributed by atoms with Gasteiger partial charge in [-0.1, -0.05) is 17.7 Å². The summed E-state index contributed by atoms with van der Waals surface area (Å²) in [5.41, 5.74) is 7.67. The quantitative estimate of drug-likeness (QED) is 0.679. The van der Waals surface area contributed by atoms with E-state index in [4.69, 9.17) is 26.8 Å². The van der Waals surface area contributed by atoms with Gasteiger partial charge in [0.1, 0.15) is 11.5 Å². The summed E-state index contributed by atoms with van der Waals surface area (Å²) in [4.78, 5) is 11.6. The van der Waals surface area contributed by atoms with Gasteiger partial charge in [0.15, 0.2) is 0 Å². The number of carbonyl (C=O) groups excluding carboxylic acids is 1. The van der Waals surface area contributed by atoms with Crippen molar-refractivity contribution >= 4 is 23.3 Å². The van der Waals surface area contributed by atoms with Crippen LogP contribution in [0.3, 0.4) is 0 Å². The maximum atomic E-state index is 11.6. The van der Waals surface area contributed by atoms with E-state index in [1.165, 1.54) is 6.07 Å². The van der Waals surface area contributed by atoms with Crippen LogP contribution in [-0.2, 0) is 4.74 Å². The van der Waals surface area contributed by atoms with Crippen molar-refractivity contribution in [1.82, 2.24) is 0 Å². The number of aryl methyl sites for hydroxylation is 1. The van der Waals surface area contributed by atoms with Gasteiger partial charge in [-0.2, -0.15) is 0 Å². The molecule has 2 aromatic carbocycles. The summed E-state index contributed by atoms with van der Waals surface area (Å²) in [5, 5.41) is 0.495. The van der Waals surface area contributed by atoms with Gasteiger partial charge in [0.05, 0.1) is 22.9 Å². The summed E-state index contributed by atoms with van der Waals surface area (Å²) < 4.78 is 10.6. The lowest BCUT2D eigenvalue weighted by atomic mass is 10.2. The van der Waals surface area contributed by atoms with Crippen LogP contribution in [0.5, 0.6) is 11.5 Å². The molecular weight excluding hydrogens is 290 g/mol. The highest BCUT2D eigenvalue weighted by Crippen LogP contribution is 2.33. The molecule has 0 amide bonds. The Morgan fingerprint density at radius 3 is 2.62 bits per heavy atom. The third-order valence-corrected chi connectivity index (χ3v) is 3.14. The van der Waals surface area contributed by atoms with E-state index < -0.39 is 5.97 Å². The predicted molar refractivity (Wildman–Crippen MR) is 83.1 cm³/mol. The molecule has 4 nitrogen and oxygen atoms in total. The predicted octanol–water partition coefficient (Wildman–Crippen LogP) is 4.20. The summed E-state index contributed by atoms with van der Waals surface area (Å²) in [7, 11) is 0. The van der Waals surface area contributed by atoms with Crippen molar-refractivity contribution in [2.45, 2.75) is 13.8 Å². The van der Waals surface area contributed by atoms with E-state index in [0.29, 0.717) is 34.4 Å². The molecule has 2 N–H and O–H groups in total. The van der Waals surface area contributed by atoms with Gasteiger partial charge in [-0.3, -0.25) is 0 Å². The van der Waals surface area contributed by atoms with Crippen LogP contribution in [-0.4, -0.2) is 12.6 Å². The molecule has 0 aromatic heterocycles. The van der Waals surface area contributed by atoms with E-state index in [2.05, 4.69) is 0 Å². The molecule has 0 heterocycles. The summed E-state index contributed by atoms with van der Waals surface area (Å²) in [6.07, 6.45) is 0. The Labute approximate surface area is 128 Å². The molecule has 0 bridgehead atoms. The third-order valence-electron chi connectivity index (χ3n) is 2.83. The molecule has 0 atom stereocenters. The largest absolute Gasteiger partial charge is 0.462 e. The number of anilines is 1. The molecule has 0 spiro atoms. The van der Waals surface area contributed by atoms with E-state index in [0.717, 1.165) is 5.56 Å². The second kappa shape index (κ2) is 6.50. The van der Waals surface area contributed by atoms with Crippen LogP contribution in [0.2, 0.25) is 5.02 Å². The molecule has 2 aromatic rings. The van der Waals surface area contributed by atoms with E-state index in [-0.39, 0.29) is 0 Å². The van der Waals surface area contributed by atoms with Gasteiger partial charge in [-0.05, 0) is 49.7 Å². The maximum Gasteiger partial charge on any atom is 0.338 e. The molecule has 0 saturated carbocycles. The minimum Gasteiger partial charge on any atom is -0.462 e. The van der Waals surface area contributed by atoms with Crippen LogP contribution in [0.1, 0.15) is 22.8 Å². The Kier molecular flexibility index (Phi) is 4.70. The molecule has 0 radical (unpaired) electrons. The zero-order chi connectivity index (χ0) is 15.4. The van der Waals surface area contributed by atoms with Crippen molar-refractivity contribution in [2.24, 2.45) is 0 Å². The summed E-state index contributed by atoms with van der Waals surface area (Å²) in [5.74, 6) is 0.548. The average Bonchev–Trinajstić information content (AvgIpc) is 2.45. The zero-order valence-electron chi connectivity index (χ0n) is 11.9. The molecule has 0 fully saturated rings. The first-order valence-corrected chi connectivity index (χ1v) is 6.89. The Morgan fingerprint density at radius 1 is 1.19 bits per heavy atom.